The van der Waals surface area contributed by atoms with E-state index in [1.807, 2.05) is 0 Å². The van der Waals surface area contributed by atoms with Crippen LogP contribution < -0.4 is 0 Å². The second-order valence-corrected chi connectivity index (χ2v) is 20.1. The summed E-state index contributed by atoms with van der Waals surface area (Å²) in [5.41, 5.74) is 27.6. The molecule has 0 nitrogen and oxygen atoms in total. The molecule has 0 aliphatic rings. The first-order valence-electron chi connectivity index (χ1n) is 21.4. The number of hydrogen-bond donors (Lipinski definition) is 0. The molecule has 0 fully saturated rings. The predicted molar refractivity (Wildman–Crippen MR) is 267 cm³/mol. The van der Waals surface area contributed by atoms with E-state index in [1.165, 1.54) is 122 Å². The number of aryl methyl sites for hydroxylation is 8. The Morgan fingerprint density at radius 2 is 0.683 bits per heavy atom. The van der Waals surface area contributed by atoms with Gasteiger partial charge in [0, 0.05) is 9.09 Å². The van der Waals surface area contributed by atoms with E-state index in [2.05, 4.69) is 204 Å². The Morgan fingerprint density at radius 3 is 0.917 bits per heavy atom. The van der Waals surface area contributed by atoms with Crippen molar-refractivity contribution in [2.24, 2.45) is 0 Å². The zero-order valence-corrected chi connectivity index (χ0v) is 39.4. The van der Waals surface area contributed by atoms with E-state index in [-0.39, 0.29) is 5.41 Å². The molecule has 304 valence electrons. The van der Waals surface area contributed by atoms with Crippen molar-refractivity contribution in [2.75, 3.05) is 0 Å². The van der Waals surface area contributed by atoms with Gasteiger partial charge in [-0.05, 0) is 197 Å². The Labute approximate surface area is 370 Å². The van der Waals surface area contributed by atoms with Crippen molar-refractivity contribution >= 4 is 28.2 Å². The monoisotopic (exact) mass is 820 g/mol. The van der Waals surface area contributed by atoms with Crippen molar-refractivity contribution in [3.8, 4) is 44.5 Å². The summed E-state index contributed by atoms with van der Waals surface area (Å²) in [6.45, 7) is 27.2. The molecular weight excluding hydrogens is 761 g/mol. The number of benzene rings is 7. The van der Waals surface area contributed by atoms with Gasteiger partial charge in [0.1, 0.15) is 0 Å². The minimum Gasteiger partial charge on any atom is -0.0825 e. The molecule has 2 heteroatoms. The van der Waals surface area contributed by atoms with E-state index < -0.39 is 0 Å². The standard InChI is InChI=1S/C58H60S2/c1-35-19-13-20-36(2)53(35)47-27-17-28-48(54-37(3)21-14-22-38(54)4)51(47)33-44-31-46(58(10,11)12)32-45(57(44)60-43(9)59)34-52-49(55-39(5)23-15-24-40(55)6)29-18-30-50(52)56-41(7)25-16-26-42(56)8/h13-32H,33-34H2,1-12H3. The Kier molecular flexibility index (Phi) is 12.6. The molecule has 0 radical (unpaired) electrons. The Balaban J connectivity index is 1.56. The van der Waals surface area contributed by atoms with Gasteiger partial charge in [0.25, 0.3) is 0 Å². The van der Waals surface area contributed by atoms with Crippen LogP contribution in [0.25, 0.3) is 44.5 Å². The fraction of sp³-hybridized carbons (Fsp3) is 0.259. The zero-order chi connectivity index (χ0) is 43.0. The highest BCUT2D eigenvalue weighted by Crippen LogP contribution is 2.45. The lowest BCUT2D eigenvalue weighted by molar-refractivity contribution is 0.587. The summed E-state index contributed by atoms with van der Waals surface area (Å²) in [6, 6.07) is 45.7. The van der Waals surface area contributed by atoms with Gasteiger partial charge in [-0.1, -0.05) is 166 Å². The first kappa shape index (κ1) is 43.1. The highest BCUT2D eigenvalue weighted by molar-refractivity contribution is 8.23. The molecule has 0 aliphatic heterocycles. The molecule has 0 unspecified atom stereocenters. The van der Waals surface area contributed by atoms with Gasteiger partial charge in [-0.15, -0.1) is 0 Å². The molecule has 0 aliphatic carbocycles. The summed E-state index contributed by atoms with van der Waals surface area (Å²) in [5, 5.41) is 0. The van der Waals surface area contributed by atoms with E-state index in [0.717, 1.165) is 17.0 Å². The van der Waals surface area contributed by atoms with Crippen molar-refractivity contribution in [3.05, 3.63) is 194 Å². The largest absolute Gasteiger partial charge is 0.0825 e. The molecule has 0 amide bonds. The van der Waals surface area contributed by atoms with Crippen LogP contribution in [-0.4, -0.2) is 4.20 Å². The van der Waals surface area contributed by atoms with Gasteiger partial charge < -0.3 is 0 Å². The lowest BCUT2D eigenvalue weighted by atomic mass is 9.79. The molecule has 7 aromatic carbocycles. The van der Waals surface area contributed by atoms with E-state index >= 15 is 0 Å². The van der Waals surface area contributed by atoms with Crippen LogP contribution in [0.4, 0.5) is 0 Å². The summed E-state index contributed by atoms with van der Waals surface area (Å²) in [7, 11) is 0. The van der Waals surface area contributed by atoms with Gasteiger partial charge >= 0.3 is 0 Å². The summed E-state index contributed by atoms with van der Waals surface area (Å²) in [6.07, 6.45) is 1.55. The van der Waals surface area contributed by atoms with Crippen LogP contribution in [0.1, 0.15) is 100 Å². The minimum absolute atomic E-state index is 0.0808. The first-order valence-corrected chi connectivity index (χ1v) is 22.6. The lowest BCUT2D eigenvalue weighted by Gasteiger charge is -2.27. The van der Waals surface area contributed by atoms with Crippen molar-refractivity contribution in [3.63, 3.8) is 0 Å². The third-order valence-electron chi connectivity index (χ3n) is 12.4. The Bertz CT molecular complexity index is 2380. The van der Waals surface area contributed by atoms with Crippen molar-refractivity contribution in [2.45, 2.75) is 106 Å². The summed E-state index contributed by atoms with van der Waals surface area (Å²) in [5.74, 6) is 0. The second kappa shape index (κ2) is 17.5. The lowest BCUT2D eigenvalue weighted by Crippen LogP contribution is -2.14. The molecule has 7 rings (SSSR count). The van der Waals surface area contributed by atoms with Gasteiger partial charge in [-0.3, -0.25) is 0 Å². The Morgan fingerprint density at radius 1 is 0.433 bits per heavy atom. The maximum atomic E-state index is 6.04. The molecular formula is C58H60S2. The molecule has 7 aromatic rings. The van der Waals surface area contributed by atoms with Gasteiger partial charge in [-0.25, -0.2) is 0 Å². The fourth-order valence-corrected chi connectivity index (χ4v) is 10.6. The molecule has 0 bridgehead atoms. The van der Waals surface area contributed by atoms with Gasteiger partial charge in [0.15, 0.2) is 0 Å². The van der Waals surface area contributed by atoms with Crippen LogP contribution >= 0.6 is 24.0 Å². The fourth-order valence-electron chi connectivity index (χ4n) is 9.55. The molecule has 0 N–H and O–H groups in total. The third kappa shape index (κ3) is 8.60. The average Bonchev–Trinajstić information content (AvgIpc) is 3.17. The summed E-state index contributed by atoms with van der Waals surface area (Å²) in [4.78, 5) is 1.28. The van der Waals surface area contributed by atoms with Gasteiger partial charge in [0.2, 0.25) is 0 Å². The molecule has 60 heavy (non-hydrogen) atoms. The molecule has 0 saturated carbocycles. The predicted octanol–water partition coefficient (Wildman–Crippen LogP) is 16.7. The molecule has 0 heterocycles. The van der Waals surface area contributed by atoms with E-state index in [1.54, 1.807) is 11.8 Å². The molecule has 0 saturated heterocycles. The van der Waals surface area contributed by atoms with Crippen molar-refractivity contribution in [1.29, 1.82) is 0 Å². The molecule has 0 aromatic heterocycles. The Hall–Kier alpha value is -5.02. The zero-order valence-electron chi connectivity index (χ0n) is 37.8. The molecule has 0 atom stereocenters. The number of rotatable bonds is 9. The van der Waals surface area contributed by atoms with Crippen LogP contribution in [-0.2, 0) is 18.3 Å². The first-order chi connectivity index (χ1) is 28.5. The third-order valence-corrected chi connectivity index (χ3v) is 13.7. The SMILES string of the molecule is CC(=S)Sc1c(Cc2c(-c3c(C)cccc3C)cccc2-c2c(C)cccc2C)cc(C(C)(C)C)cc1Cc1c(-c2c(C)cccc2C)cccc1-c1c(C)cccc1C. The number of thioether (sulfide) groups is 1. The maximum Gasteiger partial charge on any atom is 0.0496 e. The van der Waals surface area contributed by atoms with E-state index in [4.69, 9.17) is 12.2 Å². The van der Waals surface area contributed by atoms with Crippen LogP contribution in [0.3, 0.4) is 0 Å². The van der Waals surface area contributed by atoms with E-state index in [0.29, 0.717) is 0 Å². The number of hydrogen-bond acceptors (Lipinski definition) is 2. The average molecular weight is 821 g/mol. The van der Waals surface area contributed by atoms with Crippen LogP contribution in [0.15, 0.2) is 126 Å². The maximum absolute atomic E-state index is 6.04. The quantitative estimate of drug-likeness (QED) is 0.105. The smallest absolute Gasteiger partial charge is 0.0496 e. The highest BCUT2D eigenvalue weighted by Gasteiger charge is 2.26. The van der Waals surface area contributed by atoms with Crippen molar-refractivity contribution in [1.82, 2.24) is 0 Å². The summed E-state index contributed by atoms with van der Waals surface area (Å²) >= 11 is 7.81. The topological polar surface area (TPSA) is 0 Å². The van der Waals surface area contributed by atoms with Gasteiger partial charge in [-0.2, -0.15) is 0 Å². The van der Waals surface area contributed by atoms with Crippen LogP contribution in [0, 0.1) is 55.4 Å². The van der Waals surface area contributed by atoms with E-state index in [9.17, 15) is 0 Å². The van der Waals surface area contributed by atoms with Gasteiger partial charge in [0.05, 0.1) is 0 Å². The summed E-state index contributed by atoms with van der Waals surface area (Å²) < 4.78 is 0.928. The second-order valence-electron chi connectivity index (χ2n) is 18.1. The molecule has 0 spiro atoms. The van der Waals surface area contributed by atoms with Crippen LogP contribution in [0.5, 0.6) is 0 Å². The number of thiocarbonyl (C=S) groups is 1. The van der Waals surface area contributed by atoms with Crippen molar-refractivity contribution < 1.29 is 0 Å². The van der Waals surface area contributed by atoms with Crippen LogP contribution in [0.2, 0.25) is 0 Å². The normalized spacial score (nSPS) is 11.6. The highest BCUT2D eigenvalue weighted by atomic mass is 32.2. The minimum atomic E-state index is -0.0808.